The van der Waals surface area contributed by atoms with Crippen molar-refractivity contribution in [3.63, 3.8) is 0 Å². The Kier molecular flexibility index (Phi) is 5.90. The van der Waals surface area contributed by atoms with Crippen molar-refractivity contribution in [2.75, 3.05) is 18.0 Å². The van der Waals surface area contributed by atoms with Gasteiger partial charge in [-0.25, -0.2) is 0 Å². The number of carboxylic acid groups (broad SMARTS) is 1. The molecule has 144 valence electrons. The zero-order chi connectivity index (χ0) is 20.1. The number of carbonyl (C=O) groups is 1. The number of nitro benzene ring substituents is 1. The first-order valence-corrected chi connectivity index (χ1v) is 9.27. The normalized spacial score (nSPS) is 11.2. The van der Waals surface area contributed by atoms with Gasteiger partial charge in [0.05, 0.1) is 22.5 Å². The Morgan fingerprint density at radius 3 is 2.64 bits per heavy atom. The summed E-state index contributed by atoms with van der Waals surface area (Å²) in [4.78, 5) is 23.2. The first kappa shape index (κ1) is 19.4. The van der Waals surface area contributed by atoms with Gasteiger partial charge in [-0.15, -0.1) is 10.2 Å². The van der Waals surface area contributed by atoms with Crippen molar-refractivity contribution in [1.82, 2.24) is 4.37 Å². The van der Waals surface area contributed by atoms with Crippen molar-refractivity contribution in [3.8, 4) is 0 Å². The molecule has 0 unspecified atom stereocenters. The summed E-state index contributed by atoms with van der Waals surface area (Å²) >= 11 is 1.13. The number of fused-ring (bicyclic) bond motifs is 1. The highest BCUT2D eigenvalue weighted by atomic mass is 32.1. The second kappa shape index (κ2) is 8.53. The van der Waals surface area contributed by atoms with Crippen LogP contribution in [0.15, 0.2) is 52.7 Å². The van der Waals surface area contributed by atoms with Crippen LogP contribution in [0.3, 0.4) is 0 Å². The molecule has 0 fully saturated rings. The van der Waals surface area contributed by atoms with Gasteiger partial charge in [0, 0.05) is 36.3 Å². The highest BCUT2D eigenvalue weighted by molar-refractivity contribution is 7.11. The average Bonchev–Trinajstić information content (AvgIpc) is 3.09. The number of azo groups is 1. The summed E-state index contributed by atoms with van der Waals surface area (Å²) < 4.78 is 4.23. The minimum absolute atomic E-state index is 0.0190. The Labute approximate surface area is 164 Å². The summed E-state index contributed by atoms with van der Waals surface area (Å²) in [6.45, 7) is 3.08. The minimum Gasteiger partial charge on any atom is -0.481 e. The standard InChI is InChI=1S/C18H17N5O4S/c1-2-22(10-9-17(24)25)13-5-3-12(4-6-13)19-20-18-15-11-14(23(26)27)7-8-16(15)21-28-18/h3-8,11H,2,9-10H2,1H3,(H,24,25). The molecule has 0 amide bonds. The van der Waals surface area contributed by atoms with Crippen LogP contribution in [0.1, 0.15) is 13.3 Å². The number of nitrogens with zero attached hydrogens (tertiary/aromatic N) is 5. The predicted octanol–water partition coefficient (Wildman–Crippen LogP) is 4.92. The van der Waals surface area contributed by atoms with Gasteiger partial charge in [0.25, 0.3) is 5.69 Å². The van der Waals surface area contributed by atoms with Gasteiger partial charge in [0.1, 0.15) is 0 Å². The number of carboxylic acids is 1. The molecule has 1 heterocycles. The summed E-state index contributed by atoms with van der Waals surface area (Å²) in [5.74, 6) is -0.833. The Morgan fingerprint density at radius 2 is 2.00 bits per heavy atom. The number of hydrogen-bond donors (Lipinski definition) is 1. The van der Waals surface area contributed by atoms with Gasteiger partial charge in [-0.05, 0) is 48.8 Å². The largest absolute Gasteiger partial charge is 0.481 e. The van der Waals surface area contributed by atoms with Gasteiger partial charge >= 0.3 is 5.97 Å². The number of anilines is 1. The number of hydrogen-bond acceptors (Lipinski definition) is 8. The van der Waals surface area contributed by atoms with E-state index < -0.39 is 10.9 Å². The van der Waals surface area contributed by atoms with Gasteiger partial charge in [-0.1, -0.05) is 0 Å². The van der Waals surface area contributed by atoms with Gasteiger partial charge < -0.3 is 10.0 Å². The van der Waals surface area contributed by atoms with E-state index in [0.717, 1.165) is 17.2 Å². The molecule has 28 heavy (non-hydrogen) atoms. The maximum atomic E-state index is 11.0. The van der Waals surface area contributed by atoms with E-state index in [4.69, 9.17) is 5.11 Å². The van der Waals surface area contributed by atoms with E-state index in [1.165, 1.54) is 12.1 Å². The molecule has 0 aliphatic carbocycles. The molecule has 0 aliphatic heterocycles. The second-order valence-corrected chi connectivity index (χ2v) is 6.64. The lowest BCUT2D eigenvalue weighted by Gasteiger charge is -2.22. The van der Waals surface area contributed by atoms with Crippen LogP contribution in [0.2, 0.25) is 0 Å². The molecular formula is C18H17N5O4S. The Hall–Kier alpha value is -3.40. The highest BCUT2D eigenvalue weighted by Gasteiger charge is 2.12. The number of aliphatic carboxylic acids is 1. The topological polar surface area (TPSA) is 121 Å². The summed E-state index contributed by atoms with van der Waals surface area (Å²) in [6.07, 6.45) is 0.0693. The molecule has 3 rings (SSSR count). The van der Waals surface area contributed by atoms with Crippen molar-refractivity contribution in [3.05, 3.63) is 52.6 Å². The molecule has 0 saturated carbocycles. The zero-order valence-electron chi connectivity index (χ0n) is 15.0. The van der Waals surface area contributed by atoms with Crippen LogP contribution < -0.4 is 4.90 Å². The van der Waals surface area contributed by atoms with Gasteiger partial charge in [0.2, 0.25) is 0 Å². The van der Waals surface area contributed by atoms with E-state index in [-0.39, 0.29) is 12.1 Å². The van der Waals surface area contributed by atoms with E-state index in [0.29, 0.717) is 34.7 Å². The maximum absolute atomic E-state index is 11.0. The average molecular weight is 399 g/mol. The van der Waals surface area contributed by atoms with Crippen molar-refractivity contribution in [1.29, 1.82) is 0 Å². The number of aromatic nitrogens is 1. The fourth-order valence-corrected chi connectivity index (χ4v) is 3.32. The molecule has 0 aliphatic rings. The highest BCUT2D eigenvalue weighted by Crippen LogP contribution is 2.34. The van der Waals surface area contributed by atoms with Crippen LogP contribution in [0.25, 0.3) is 10.9 Å². The van der Waals surface area contributed by atoms with Crippen LogP contribution in [0.5, 0.6) is 0 Å². The summed E-state index contributed by atoms with van der Waals surface area (Å²) in [5.41, 5.74) is 2.14. The van der Waals surface area contributed by atoms with Crippen LogP contribution in [-0.2, 0) is 4.79 Å². The summed E-state index contributed by atoms with van der Waals surface area (Å²) in [6, 6.07) is 11.7. The fourth-order valence-electron chi connectivity index (χ4n) is 2.64. The molecule has 0 atom stereocenters. The zero-order valence-corrected chi connectivity index (χ0v) is 15.8. The van der Waals surface area contributed by atoms with Gasteiger partial charge in [0.15, 0.2) is 5.00 Å². The van der Waals surface area contributed by atoms with Crippen molar-refractivity contribution < 1.29 is 14.8 Å². The van der Waals surface area contributed by atoms with E-state index in [1.807, 2.05) is 24.0 Å². The Bertz CT molecular complexity index is 1030. The molecule has 1 aromatic heterocycles. The molecule has 10 heteroatoms. The third-order valence-corrected chi connectivity index (χ3v) is 4.86. The molecule has 2 aromatic carbocycles. The Morgan fingerprint density at radius 1 is 1.25 bits per heavy atom. The van der Waals surface area contributed by atoms with E-state index in [1.54, 1.807) is 18.2 Å². The predicted molar refractivity (Wildman–Crippen MR) is 107 cm³/mol. The molecule has 9 nitrogen and oxygen atoms in total. The summed E-state index contributed by atoms with van der Waals surface area (Å²) in [5, 5.41) is 29.2. The smallest absolute Gasteiger partial charge is 0.305 e. The molecule has 1 N–H and O–H groups in total. The van der Waals surface area contributed by atoms with Crippen molar-refractivity contribution in [2.45, 2.75) is 13.3 Å². The molecule has 0 spiro atoms. The molecule has 0 radical (unpaired) electrons. The maximum Gasteiger partial charge on any atom is 0.305 e. The van der Waals surface area contributed by atoms with E-state index >= 15 is 0 Å². The molecule has 0 saturated heterocycles. The number of non-ortho nitro benzene ring substituents is 1. The van der Waals surface area contributed by atoms with Gasteiger partial charge in [-0.3, -0.25) is 14.9 Å². The lowest BCUT2D eigenvalue weighted by atomic mass is 10.2. The van der Waals surface area contributed by atoms with Crippen LogP contribution in [0, 0.1) is 10.1 Å². The fraction of sp³-hybridized carbons (Fsp3) is 0.222. The first-order valence-electron chi connectivity index (χ1n) is 8.50. The van der Waals surface area contributed by atoms with Crippen LogP contribution in [0.4, 0.5) is 22.1 Å². The SMILES string of the molecule is CCN(CCC(=O)O)c1ccc(N=Nc2snc3ccc([N+](=O)[O-])cc23)cc1. The first-order chi connectivity index (χ1) is 13.5. The number of nitro groups is 1. The third kappa shape index (κ3) is 4.46. The summed E-state index contributed by atoms with van der Waals surface area (Å²) in [7, 11) is 0. The van der Waals surface area contributed by atoms with Crippen molar-refractivity contribution >= 4 is 50.5 Å². The molecule has 0 bridgehead atoms. The van der Waals surface area contributed by atoms with Gasteiger partial charge in [-0.2, -0.15) is 4.37 Å². The third-order valence-electron chi connectivity index (χ3n) is 4.10. The minimum atomic E-state index is -0.833. The lowest BCUT2D eigenvalue weighted by Crippen LogP contribution is -2.25. The number of rotatable bonds is 8. The monoisotopic (exact) mass is 399 g/mol. The second-order valence-electron chi connectivity index (χ2n) is 5.89. The van der Waals surface area contributed by atoms with Crippen molar-refractivity contribution in [2.24, 2.45) is 10.2 Å². The van der Waals surface area contributed by atoms with E-state index in [2.05, 4.69) is 14.6 Å². The molecule has 3 aromatic rings. The molecular weight excluding hydrogens is 382 g/mol. The lowest BCUT2D eigenvalue weighted by molar-refractivity contribution is -0.384. The number of benzene rings is 2. The van der Waals surface area contributed by atoms with E-state index in [9.17, 15) is 14.9 Å². The van der Waals surface area contributed by atoms with Crippen LogP contribution in [-0.4, -0.2) is 33.5 Å². The Balaban J connectivity index is 1.77. The quantitative estimate of drug-likeness (QED) is 0.326. The van der Waals surface area contributed by atoms with Crippen LogP contribution >= 0.6 is 11.5 Å².